The molecule has 0 bridgehead atoms. The maximum Gasteiger partial charge on any atom is 0.182 e. The number of fused-ring (bicyclic) bond motifs is 6. The van der Waals surface area contributed by atoms with E-state index in [4.69, 9.17) is 20.1 Å². The minimum absolute atomic E-state index is 0.658. The molecule has 0 N–H and O–H groups in total. The molecule has 0 radical (unpaired) electrons. The predicted molar refractivity (Wildman–Crippen MR) is 196 cm³/mol. The van der Waals surface area contributed by atoms with Gasteiger partial charge in [-0.2, -0.15) is 0 Å². The van der Waals surface area contributed by atoms with Gasteiger partial charge in [0.15, 0.2) is 11.6 Å². The Bertz CT molecular complexity index is 2770. The van der Waals surface area contributed by atoms with Crippen LogP contribution in [0.4, 0.5) is 0 Å². The lowest BCUT2D eigenvalue weighted by Crippen LogP contribution is -2.02. The van der Waals surface area contributed by atoms with Crippen LogP contribution in [0.5, 0.6) is 0 Å². The van der Waals surface area contributed by atoms with Crippen molar-refractivity contribution in [3.8, 4) is 39.8 Å². The molecule has 0 amide bonds. The van der Waals surface area contributed by atoms with Crippen LogP contribution < -0.4 is 0 Å². The molecule has 0 aliphatic rings. The summed E-state index contributed by atoms with van der Waals surface area (Å²) in [6.45, 7) is 0. The minimum atomic E-state index is 0.658. The van der Waals surface area contributed by atoms with Gasteiger partial charge < -0.3 is 4.57 Å². The molecule has 5 aromatic carbocycles. The SMILES string of the molecule is c1ccc(-c2nc(-c3ccccc3)n(-c3cnc4c(c3)c3cccnc3n4-c3cccc(-n4c5ccccc5c5ccccc54)c3)n2)cc1. The van der Waals surface area contributed by atoms with E-state index in [-0.39, 0.29) is 0 Å². The summed E-state index contributed by atoms with van der Waals surface area (Å²) in [4.78, 5) is 15.0. The van der Waals surface area contributed by atoms with Gasteiger partial charge in [0.1, 0.15) is 11.3 Å². The Morgan fingerprint density at radius 2 is 1.04 bits per heavy atom. The molecule has 0 aliphatic heterocycles. The number of para-hydroxylation sites is 2. The van der Waals surface area contributed by atoms with Crippen LogP contribution in [0.2, 0.25) is 0 Å². The van der Waals surface area contributed by atoms with Gasteiger partial charge in [-0.3, -0.25) is 4.57 Å². The smallest absolute Gasteiger partial charge is 0.182 e. The lowest BCUT2D eigenvalue weighted by atomic mass is 10.2. The van der Waals surface area contributed by atoms with Crippen LogP contribution in [0.1, 0.15) is 0 Å². The van der Waals surface area contributed by atoms with Crippen LogP contribution >= 0.6 is 0 Å². The van der Waals surface area contributed by atoms with Crippen LogP contribution in [0.25, 0.3) is 83.7 Å². The van der Waals surface area contributed by atoms with Crippen molar-refractivity contribution in [1.29, 1.82) is 0 Å². The minimum Gasteiger partial charge on any atom is -0.309 e. The third kappa shape index (κ3) is 4.29. The van der Waals surface area contributed by atoms with Gasteiger partial charge in [-0.25, -0.2) is 19.6 Å². The Kier molecular flexibility index (Phi) is 6.04. The summed E-state index contributed by atoms with van der Waals surface area (Å²) in [5.41, 5.74) is 8.80. The average molecular weight is 630 g/mol. The van der Waals surface area contributed by atoms with E-state index in [0.717, 1.165) is 56.1 Å². The van der Waals surface area contributed by atoms with E-state index in [9.17, 15) is 0 Å². The monoisotopic (exact) mass is 629 g/mol. The Morgan fingerprint density at radius 3 is 1.78 bits per heavy atom. The normalized spacial score (nSPS) is 11.7. The molecular formula is C42H27N7. The van der Waals surface area contributed by atoms with Gasteiger partial charge >= 0.3 is 0 Å². The van der Waals surface area contributed by atoms with Crippen molar-refractivity contribution in [3.05, 3.63) is 164 Å². The fourth-order valence-corrected chi connectivity index (χ4v) is 7.02. The third-order valence-electron chi connectivity index (χ3n) is 9.19. The molecule has 0 atom stereocenters. The van der Waals surface area contributed by atoms with Gasteiger partial charge in [0.2, 0.25) is 0 Å². The molecule has 230 valence electrons. The molecule has 0 fully saturated rings. The predicted octanol–water partition coefficient (Wildman–Crippen LogP) is 9.59. The number of rotatable bonds is 5. The highest BCUT2D eigenvalue weighted by Crippen LogP contribution is 2.35. The second kappa shape index (κ2) is 10.9. The zero-order valence-electron chi connectivity index (χ0n) is 26.2. The Labute approximate surface area is 281 Å². The molecule has 10 aromatic rings. The average Bonchev–Trinajstić information content (AvgIpc) is 3.86. The van der Waals surface area contributed by atoms with E-state index >= 15 is 0 Å². The molecule has 0 saturated carbocycles. The summed E-state index contributed by atoms with van der Waals surface area (Å²) in [5.74, 6) is 1.41. The molecule has 10 rings (SSSR count). The number of pyridine rings is 2. The first-order chi connectivity index (χ1) is 24.3. The first-order valence-corrected chi connectivity index (χ1v) is 16.2. The molecule has 7 nitrogen and oxygen atoms in total. The second-order valence-corrected chi connectivity index (χ2v) is 12.1. The maximum absolute atomic E-state index is 5.11. The van der Waals surface area contributed by atoms with Crippen LogP contribution in [0.3, 0.4) is 0 Å². The van der Waals surface area contributed by atoms with E-state index in [1.807, 2.05) is 71.7 Å². The molecule has 0 unspecified atom stereocenters. The summed E-state index contributed by atoms with van der Waals surface area (Å²) in [6.07, 6.45) is 3.72. The van der Waals surface area contributed by atoms with Crippen molar-refractivity contribution in [1.82, 2.24) is 33.9 Å². The van der Waals surface area contributed by atoms with Crippen molar-refractivity contribution >= 4 is 43.9 Å². The zero-order chi connectivity index (χ0) is 32.3. The highest BCUT2D eigenvalue weighted by molar-refractivity contribution is 6.09. The molecule has 0 aliphatic carbocycles. The number of benzene rings is 5. The molecule has 5 aromatic heterocycles. The largest absolute Gasteiger partial charge is 0.309 e. The van der Waals surface area contributed by atoms with Crippen molar-refractivity contribution < 1.29 is 0 Å². The van der Waals surface area contributed by atoms with Gasteiger partial charge in [0.05, 0.1) is 28.6 Å². The lowest BCUT2D eigenvalue weighted by molar-refractivity contribution is 0.886. The van der Waals surface area contributed by atoms with Crippen LogP contribution in [-0.4, -0.2) is 33.9 Å². The third-order valence-corrected chi connectivity index (χ3v) is 9.19. The highest BCUT2D eigenvalue weighted by Gasteiger charge is 2.20. The van der Waals surface area contributed by atoms with E-state index in [1.165, 1.54) is 21.8 Å². The zero-order valence-corrected chi connectivity index (χ0v) is 26.2. The summed E-state index contributed by atoms with van der Waals surface area (Å²) in [6, 6.07) is 52.2. The molecule has 0 spiro atoms. The Balaban J connectivity index is 1.17. The van der Waals surface area contributed by atoms with Gasteiger partial charge in [0.25, 0.3) is 0 Å². The molecule has 0 saturated heterocycles. The summed E-state index contributed by atoms with van der Waals surface area (Å²) < 4.78 is 6.38. The van der Waals surface area contributed by atoms with E-state index in [0.29, 0.717) is 5.82 Å². The standard InChI is InChI=1S/C42H27N7/c1-3-13-28(14-4-1)39-45-40(29-15-5-2-6-16-29)49(46-39)32-26-36-35-21-12-24-43-41(35)48(42(36)44-27-32)31-18-11-17-30(25-31)47-37-22-9-7-19-33(37)34-20-8-10-23-38(34)47/h1-27H. The molecule has 7 heteroatoms. The topological polar surface area (TPSA) is 66.3 Å². The number of hydrogen-bond donors (Lipinski definition) is 0. The number of aromatic nitrogens is 7. The number of nitrogens with zero attached hydrogens (tertiary/aromatic N) is 7. The first-order valence-electron chi connectivity index (χ1n) is 16.2. The van der Waals surface area contributed by atoms with Crippen molar-refractivity contribution in [2.45, 2.75) is 0 Å². The fourth-order valence-electron chi connectivity index (χ4n) is 7.02. The van der Waals surface area contributed by atoms with Crippen molar-refractivity contribution in [2.75, 3.05) is 0 Å². The quantitative estimate of drug-likeness (QED) is 0.190. The molecule has 49 heavy (non-hydrogen) atoms. The molecule has 5 heterocycles. The second-order valence-electron chi connectivity index (χ2n) is 12.1. The van der Waals surface area contributed by atoms with Crippen LogP contribution in [0, 0.1) is 0 Å². The molecular weight excluding hydrogens is 603 g/mol. The summed E-state index contributed by atoms with van der Waals surface area (Å²) in [7, 11) is 0. The number of hydrogen-bond acceptors (Lipinski definition) is 4. The van der Waals surface area contributed by atoms with E-state index in [1.54, 1.807) is 0 Å². The van der Waals surface area contributed by atoms with Crippen LogP contribution in [-0.2, 0) is 0 Å². The van der Waals surface area contributed by atoms with E-state index in [2.05, 4.69) is 106 Å². The van der Waals surface area contributed by atoms with Crippen LogP contribution in [0.15, 0.2) is 164 Å². The van der Waals surface area contributed by atoms with Crippen molar-refractivity contribution in [2.24, 2.45) is 0 Å². The highest BCUT2D eigenvalue weighted by atomic mass is 15.4. The van der Waals surface area contributed by atoms with Gasteiger partial charge in [0, 0.05) is 44.6 Å². The summed E-state index contributed by atoms with van der Waals surface area (Å²) >= 11 is 0. The van der Waals surface area contributed by atoms with Gasteiger partial charge in [-0.05, 0) is 48.5 Å². The Morgan fingerprint density at radius 1 is 0.429 bits per heavy atom. The Hall–Kier alpha value is -6.86. The summed E-state index contributed by atoms with van der Waals surface area (Å²) in [5, 5.41) is 9.47. The van der Waals surface area contributed by atoms with Gasteiger partial charge in [-0.1, -0.05) is 103 Å². The van der Waals surface area contributed by atoms with Crippen molar-refractivity contribution in [3.63, 3.8) is 0 Å². The fraction of sp³-hybridized carbons (Fsp3) is 0. The van der Waals surface area contributed by atoms with E-state index < -0.39 is 0 Å². The lowest BCUT2D eigenvalue weighted by Gasteiger charge is -2.12. The maximum atomic E-state index is 5.11. The first kappa shape index (κ1) is 27.3. The van der Waals surface area contributed by atoms with Gasteiger partial charge in [-0.15, -0.1) is 5.10 Å².